The number of hydrogen-bond donors (Lipinski definition) is 0. The maximum Gasteiger partial charge on any atom is 0.324 e. The number of hydrogen-bond acceptors (Lipinski definition) is 5. The monoisotopic (exact) mass is 219 g/mol. The van der Waals surface area contributed by atoms with Gasteiger partial charge in [-0.1, -0.05) is 6.92 Å². The van der Waals surface area contributed by atoms with E-state index in [2.05, 4.69) is 4.74 Å². The van der Waals surface area contributed by atoms with Gasteiger partial charge in [-0.3, -0.25) is 4.79 Å². The Bertz CT molecular complexity index is 328. The molecule has 0 rings (SSSR count). The lowest BCUT2D eigenvalue weighted by Gasteiger charge is -2.11. The molecule has 0 aromatic heterocycles. The Morgan fingerprint density at radius 3 is 2.50 bits per heavy atom. The second-order valence-corrected chi connectivity index (χ2v) is 5.00. The highest BCUT2D eigenvalue weighted by Gasteiger charge is 2.31. The van der Waals surface area contributed by atoms with Gasteiger partial charge in [0.15, 0.2) is 15.1 Å². The molecule has 0 aromatic rings. The van der Waals surface area contributed by atoms with Crippen LogP contribution in [0, 0.1) is 11.3 Å². The summed E-state index contributed by atoms with van der Waals surface area (Å²) in [6.45, 7) is 1.59. The first-order valence-electron chi connectivity index (χ1n) is 4.16. The van der Waals surface area contributed by atoms with Gasteiger partial charge in [0.25, 0.3) is 0 Å². The SMILES string of the molecule is CCC(C(=O)OC)S(=O)(=O)CCC#N. The normalized spacial score (nSPS) is 12.9. The van der Waals surface area contributed by atoms with Crippen LogP contribution in [-0.2, 0) is 19.4 Å². The van der Waals surface area contributed by atoms with E-state index in [9.17, 15) is 13.2 Å². The van der Waals surface area contributed by atoms with Crippen LogP contribution in [0.5, 0.6) is 0 Å². The molecule has 14 heavy (non-hydrogen) atoms. The summed E-state index contributed by atoms with van der Waals surface area (Å²) in [6.07, 6.45) is 0.0657. The molecular formula is C8H13NO4S. The van der Waals surface area contributed by atoms with Gasteiger partial charge in [0.1, 0.15) is 0 Å². The van der Waals surface area contributed by atoms with Gasteiger partial charge < -0.3 is 4.74 Å². The zero-order valence-corrected chi connectivity index (χ0v) is 9.00. The summed E-state index contributed by atoms with van der Waals surface area (Å²) in [5.41, 5.74) is 0. The lowest BCUT2D eigenvalue weighted by molar-refractivity contribution is -0.140. The fraction of sp³-hybridized carbons (Fsp3) is 0.750. The number of rotatable bonds is 5. The van der Waals surface area contributed by atoms with Crippen molar-refractivity contribution in [2.45, 2.75) is 25.0 Å². The maximum atomic E-state index is 11.5. The largest absolute Gasteiger partial charge is 0.468 e. The van der Waals surface area contributed by atoms with Gasteiger partial charge in [-0.25, -0.2) is 8.42 Å². The molecule has 0 spiro atoms. The molecule has 80 valence electrons. The van der Waals surface area contributed by atoms with Crippen molar-refractivity contribution in [2.24, 2.45) is 0 Å². The average Bonchev–Trinajstić information content (AvgIpc) is 2.15. The Balaban J connectivity index is 4.68. The van der Waals surface area contributed by atoms with E-state index in [1.165, 1.54) is 0 Å². The van der Waals surface area contributed by atoms with E-state index >= 15 is 0 Å². The van der Waals surface area contributed by atoms with Crippen LogP contribution in [0.25, 0.3) is 0 Å². The summed E-state index contributed by atoms with van der Waals surface area (Å²) < 4.78 is 27.3. The van der Waals surface area contributed by atoms with E-state index in [0.717, 1.165) is 7.11 Å². The van der Waals surface area contributed by atoms with Gasteiger partial charge in [0, 0.05) is 6.42 Å². The number of carbonyl (C=O) groups excluding carboxylic acids is 1. The number of carbonyl (C=O) groups is 1. The second kappa shape index (κ2) is 5.60. The molecule has 0 fully saturated rings. The van der Waals surface area contributed by atoms with Crippen LogP contribution in [0.2, 0.25) is 0 Å². The molecule has 5 nitrogen and oxygen atoms in total. The zero-order valence-electron chi connectivity index (χ0n) is 8.19. The number of methoxy groups -OCH3 is 1. The van der Waals surface area contributed by atoms with Gasteiger partial charge in [-0.2, -0.15) is 5.26 Å². The minimum absolute atomic E-state index is 0.101. The molecular weight excluding hydrogens is 206 g/mol. The zero-order chi connectivity index (χ0) is 11.2. The van der Waals surface area contributed by atoms with Gasteiger partial charge in [-0.15, -0.1) is 0 Å². The first-order chi connectivity index (χ1) is 6.49. The number of sulfone groups is 1. The molecule has 1 atom stereocenters. The van der Waals surface area contributed by atoms with E-state index in [1.54, 1.807) is 13.0 Å². The summed E-state index contributed by atoms with van der Waals surface area (Å²) in [6, 6.07) is 1.73. The Morgan fingerprint density at radius 1 is 1.57 bits per heavy atom. The molecule has 0 bridgehead atoms. The van der Waals surface area contributed by atoms with Crippen LogP contribution in [0.1, 0.15) is 19.8 Å². The molecule has 0 aliphatic heterocycles. The van der Waals surface area contributed by atoms with Crippen molar-refractivity contribution in [3.8, 4) is 6.07 Å². The minimum Gasteiger partial charge on any atom is -0.468 e. The molecule has 6 heteroatoms. The average molecular weight is 219 g/mol. The quantitative estimate of drug-likeness (QED) is 0.619. The topological polar surface area (TPSA) is 84.2 Å². The van der Waals surface area contributed by atoms with Crippen molar-refractivity contribution < 1.29 is 17.9 Å². The maximum absolute atomic E-state index is 11.5. The second-order valence-electron chi connectivity index (χ2n) is 2.70. The molecule has 0 saturated heterocycles. The van der Waals surface area contributed by atoms with Crippen molar-refractivity contribution in [3.05, 3.63) is 0 Å². The number of nitriles is 1. The van der Waals surface area contributed by atoms with Crippen LogP contribution < -0.4 is 0 Å². The number of nitrogens with zero attached hydrogens (tertiary/aromatic N) is 1. The van der Waals surface area contributed by atoms with Crippen molar-refractivity contribution in [2.75, 3.05) is 12.9 Å². The van der Waals surface area contributed by atoms with Crippen molar-refractivity contribution in [3.63, 3.8) is 0 Å². The lowest BCUT2D eigenvalue weighted by Crippen LogP contribution is -2.32. The van der Waals surface area contributed by atoms with E-state index in [0.29, 0.717) is 0 Å². The summed E-state index contributed by atoms with van der Waals surface area (Å²) >= 11 is 0. The highest BCUT2D eigenvalue weighted by Crippen LogP contribution is 2.09. The first-order valence-corrected chi connectivity index (χ1v) is 5.87. The Morgan fingerprint density at radius 2 is 2.14 bits per heavy atom. The highest BCUT2D eigenvalue weighted by molar-refractivity contribution is 7.92. The van der Waals surface area contributed by atoms with E-state index in [-0.39, 0.29) is 18.6 Å². The number of ether oxygens (including phenoxy) is 1. The van der Waals surface area contributed by atoms with Crippen molar-refractivity contribution in [1.29, 1.82) is 5.26 Å². The fourth-order valence-electron chi connectivity index (χ4n) is 1.03. The minimum atomic E-state index is -3.54. The van der Waals surface area contributed by atoms with E-state index < -0.39 is 21.1 Å². The highest BCUT2D eigenvalue weighted by atomic mass is 32.2. The van der Waals surface area contributed by atoms with Crippen LogP contribution in [0.15, 0.2) is 0 Å². The third-order valence-corrected chi connectivity index (χ3v) is 3.93. The van der Waals surface area contributed by atoms with Crippen LogP contribution >= 0.6 is 0 Å². The molecule has 0 N–H and O–H groups in total. The van der Waals surface area contributed by atoms with E-state index in [1.807, 2.05) is 0 Å². The van der Waals surface area contributed by atoms with Crippen molar-refractivity contribution >= 4 is 15.8 Å². The van der Waals surface area contributed by atoms with E-state index in [4.69, 9.17) is 5.26 Å². The molecule has 0 aromatic carbocycles. The predicted octanol–water partition coefficient (Wildman–Crippen LogP) is 0.266. The van der Waals surface area contributed by atoms with Crippen LogP contribution in [0.3, 0.4) is 0 Å². The molecule has 0 aliphatic rings. The molecule has 0 amide bonds. The predicted molar refractivity (Wildman–Crippen MR) is 50.1 cm³/mol. The fourth-order valence-corrected chi connectivity index (χ4v) is 2.59. The van der Waals surface area contributed by atoms with Gasteiger partial charge in [0.05, 0.1) is 18.9 Å². The Labute approximate surface area is 83.6 Å². The standard InChI is InChI=1S/C8H13NO4S/c1-3-7(8(10)13-2)14(11,12)6-4-5-9/h7H,3-4,6H2,1-2H3. The van der Waals surface area contributed by atoms with Gasteiger partial charge in [0.2, 0.25) is 0 Å². The third kappa shape index (κ3) is 3.34. The molecule has 0 saturated carbocycles. The summed E-state index contributed by atoms with van der Waals surface area (Å²) in [5, 5.41) is 7.11. The smallest absolute Gasteiger partial charge is 0.324 e. The van der Waals surface area contributed by atoms with Crippen LogP contribution in [0.4, 0.5) is 0 Å². The number of esters is 1. The van der Waals surface area contributed by atoms with Gasteiger partial charge >= 0.3 is 5.97 Å². The summed E-state index contributed by atoms with van der Waals surface area (Å²) in [4.78, 5) is 11.1. The lowest BCUT2D eigenvalue weighted by atomic mass is 10.3. The molecule has 0 radical (unpaired) electrons. The third-order valence-electron chi connectivity index (χ3n) is 1.77. The van der Waals surface area contributed by atoms with Gasteiger partial charge in [-0.05, 0) is 6.42 Å². The van der Waals surface area contributed by atoms with Crippen LogP contribution in [-0.4, -0.2) is 32.5 Å². The molecule has 1 unspecified atom stereocenters. The van der Waals surface area contributed by atoms with Crippen molar-refractivity contribution in [1.82, 2.24) is 0 Å². The molecule has 0 aliphatic carbocycles. The Kier molecular flexibility index (Phi) is 5.16. The molecule has 0 heterocycles. The first kappa shape index (κ1) is 12.9. The summed E-state index contributed by atoms with van der Waals surface area (Å²) in [5.74, 6) is -1.05. The Hall–Kier alpha value is -1.09. The summed E-state index contributed by atoms with van der Waals surface area (Å²) in [7, 11) is -2.40.